The Morgan fingerprint density at radius 2 is 2.00 bits per heavy atom. The third-order valence-electron chi connectivity index (χ3n) is 3.01. The number of ether oxygens (including phenoxy) is 1. The first-order valence-corrected chi connectivity index (χ1v) is 8.02. The van der Waals surface area contributed by atoms with Crippen LogP contribution in [0.3, 0.4) is 0 Å². The third-order valence-corrected chi connectivity index (χ3v) is 3.01. The lowest BCUT2D eigenvalue weighted by atomic mass is 10.1. The van der Waals surface area contributed by atoms with Gasteiger partial charge in [-0.2, -0.15) is 0 Å². The zero-order valence-electron chi connectivity index (χ0n) is 14.8. The fourth-order valence-corrected chi connectivity index (χ4v) is 2.22. The van der Waals surface area contributed by atoms with Gasteiger partial charge < -0.3 is 10.1 Å². The Hall–Kier alpha value is -2.63. The van der Waals surface area contributed by atoms with Gasteiger partial charge in [0, 0.05) is 29.6 Å². The molecule has 0 aliphatic carbocycles. The largest absolute Gasteiger partial charge is 0.460 e. The van der Waals surface area contributed by atoms with E-state index in [9.17, 15) is 4.79 Å². The standard InChI is InChI=1S/C18H24N4O2/c1-12(2)20-16-9-14(5)8-15(10-16)18-19-11-22(21-18)7-6-17(23)24-13(3)4/h6-13,20H,1-5H3/b7-6-. The molecule has 1 aromatic heterocycles. The summed E-state index contributed by atoms with van der Waals surface area (Å²) in [6, 6.07) is 6.48. The number of anilines is 1. The Labute approximate surface area is 142 Å². The molecule has 0 bridgehead atoms. The highest BCUT2D eigenvalue weighted by molar-refractivity contribution is 5.85. The van der Waals surface area contributed by atoms with Gasteiger partial charge in [-0.15, -0.1) is 5.10 Å². The van der Waals surface area contributed by atoms with Gasteiger partial charge in [-0.1, -0.05) is 0 Å². The van der Waals surface area contributed by atoms with Crippen molar-refractivity contribution >= 4 is 17.9 Å². The molecule has 1 aromatic carbocycles. The van der Waals surface area contributed by atoms with Crippen molar-refractivity contribution in [3.8, 4) is 11.4 Å². The number of hydrogen-bond acceptors (Lipinski definition) is 5. The lowest BCUT2D eigenvalue weighted by Gasteiger charge is -2.11. The molecule has 2 rings (SSSR count). The summed E-state index contributed by atoms with van der Waals surface area (Å²) in [4.78, 5) is 15.8. The van der Waals surface area contributed by atoms with Gasteiger partial charge in [-0.3, -0.25) is 0 Å². The molecule has 1 N–H and O–H groups in total. The van der Waals surface area contributed by atoms with E-state index < -0.39 is 5.97 Å². The molecule has 0 saturated carbocycles. The number of aryl methyl sites for hydroxylation is 1. The summed E-state index contributed by atoms with van der Waals surface area (Å²) in [5.41, 5.74) is 3.09. The summed E-state index contributed by atoms with van der Waals surface area (Å²) in [5.74, 6) is 0.202. The fourth-order valence-electron chi connectivity index (χ4n) is 2.22. The molecule has 0 fully saturated rings. The molecule has 6 nitrogen and oxygen atoms in total. The van der Waals surface area contributed by atoms with Crippen molar-refractivity contribution in [2.24, 2.45) is 0 Å². The summed E-state index contributed by atoms with van der Waals surface area (Å²) in [6.07, 6.45) is 4.28. The van der Waals surface area contributed by atoms with Crippen LogP contribution in [0.4, 0.5) is 5.69 Å². The number of nitrogens with one attached hydrogen (secondary N) is 1. The molecule has 6 heteroatoms. The van der Waals surface area contributed by atoms with Crippen LogP contribution < -0.4 is 5.32 Å². The van der Waals surface area contributed by atoms with Crippen molar-refractivity contribution in [3.63, 3.8) is 0 Å². The molecular formula is C18H24N4O2. The Balaban J connectivity index is 2.17. The summed E-state index contributed by atoms with van der Waals surface area (Å²) >= 11 is 0. The first-order chi connectivity index (χ1) is 11.3. The molecular weight excluding hydrogens is 304 g/mol. The number of rotatable bonds is 6. The van der Waals surface area contributed by atoms with E-state index >= 15 is 0 Å². The minimum Gasteiger partial charge on any atom is -0.460 e. The van der Waals surface area contributed by atoms with Crippen molar-refractivity contribution in [2.75, 3.05) is 5.32 Å². The lowest BCUT2D eigenvalue weighted by Crippen LogP contribution is -2.09. The van der Waals surface area contributed by atoms with Crippen LogP contribution >= 0.6 is 0 Å². The Morgan fingerprint density at radius 3 is 2.67 bits per heavy atom. The van der Waals surface area contributed by atoms with Crippen molar-refractivity contribution in [1.29, 1.82) is 0 Å². The van der Waals surface area contributed by atoms with E-state index in [0.29, 0.717) is 11.9 Å². The highest BCUT2D eigenvalue weighted by Crippen LogP contribution is 2.22. The van der Waals surface area contributed by atoms with Gasteiger partial charge in [0.15, 0.2) is 5.82 Å². The predicted octanol–water partition coefficient (Wildman–Crippen LogP) is 3.50. The van der Waals surface area contributed by atoms with E-state index in [0.717, 1.165) is 16.8 Å². The molecule has 0 atom stereocenters. The SMILES string of the molecule is Cc1cc(NC(C)C)cc(-c2ncn(/C=C\C(=O)OC(C)C)n2)c1. The van der Waals surface area contributed by atoms with Gasteiger partial charge in [0.05, 0.1) is 6.10 Å². The van der Waals surface area contributed by atoms with Crippen LogP contribution in [0.5, 0.6) is 0 Å². The summed E-state index contributed by atoms with van der Waals surface area (Å²) < 4.78 is 6.53. The van der Waals surface area contributed by atoms with Crippen LogP contribution in [0, 0.1) is 6.92 Å². The number of aromatic nitrogens is 3. The number of carbonyl (C=O) groups excluding carboxylic acids is 1. The molecule has 1 heterocycles. The quantitative estimate of drug-likeness (QED) is 0.649. The second kappa shape index (κ2) is 7.77. The van der Waals surface area contributed by atoms with Gasteiger partial charge in [0.2, 0.25) is 0 Å². The highest BCUT2D eigenvalue weighted by atomic mass is 16.5. The maximum atomic E-state index is 11.5. The van der Waals surface area contributed by atoms with Crippen molar-refractivity contribution < 1.29 is 9.53 Å². The number of carbonyl (C=O) groups is 1. The van der Waals surface area contributed by atoms with E-state index in [4.69, 9.17) is 4.74 Å². The van der Waals surface area contributed by atoms with E-state index in [1.165, 1.54) is 17.0 Å². The molecule has 2 aromatic rings. The highest BCUT2D eigenvalue weighted by Gasteiger charge is 2.07. The molecule has 24 heavy (non-hydrogen) atoms. The first-order valence-electron chi connectivity index (χ1n) is 8.02. The van der Waals surface area contributed by atoms with Gasteiger partial charge in [0.25, 0.3) is 0 Å². The summed E-state index contributed by atoms with van der Waals surface area (Å²) in [6.45, 7) is 9.83. The average Bonchev–Trinajstić information content (AvgIpc) is 2.92. The minimum absolute atomic E-state index is 0.146. The normalized spacial score (nSPS) is 11.5. The lowest BCUT2D eigenvalue weighted by molar-refractivity contribution is -0.141. The van der Waals surface area contributed by atoms with Crippen LogP contribution in [0.25, 0.3) is 17.6 Å². The Kier molecular flexibility index (Phi) is 5.73. The second-order valence-electron chi connectivity index (χ2n) is 6.24. The van der Waals surface area contributed by atoms with Crippen LogP contribution in [0.1, 0.15) is 33.3 Å². The topological polar surface area (TPSA) is 69.0 Å². The van der Waals surface area contributed by atoms with Gasteiger partial charge in [-0.05, 0) is 58.4 Å². The molecule has 0 spiro atoms. The molecule has 0 aliphatic rings. The van der Waals surface area contributed by atoms with Gasteiger partial charge >= 0.3 is 5.97 Å². The molecule has 0 unspecified atom stereocenters. The first kappa shape index (κ1) is 17.7. The van der Waals surface area contributed by atoms with Crippen LogP contribution in [-0.2, 0) is 9.53 Å². The molecule has 128 valence electrons. The Morgan fingerprint density at radius 1 is 1.25 bits per heavy atom. The molecule has 0 radical (unpaired) electrons. The smallest absolute Gasteiger partial charge is 0.332 e. The number of hydrogen-bond donors (Lipinski definition) is 1. The molecule has 0 aliphatic heterocycles. The Bertz CT molecular complexity index is 732. The van der Waals surface area contributed by atoms with Gasteiger partial charge in [-0.25, -0.2) is 14.5 Å². The zero-order chi connectivity index (χ0) is 17.7. The third kappa shape index (κ3) is 5.22. The maximum Gasteiger partial charge on any atom is 0.332 e. The van der Waals surface area contributed by atoms with Crippen molar-refractivity contribution in [1.82, 2.24) is 14.8 Å². The number of benzene rings is 1. The van der Waals surface area contributed by atoms with Gasteiger partial charge in [0.1, 0.15) is 6.33 Å². The van der Waals surface area contributed by atoms with E-state index in [1.54, 1.807) is 20.2 Å². The van der Waals surface area contributed by atoms with E-state index in [1.807, 2.05) is 19.1 Å². The second-order valence-corrected chi connectivity index (χ2v) is 6.24. The fraction of sp³-hybridized carbons (Fsp3) is 0.389. The van der Waals surface area contributed by atoms with Crippen LogP contribution in [0.15, 0.2) is 30.6 Å². The summed E-state index contributed by atoms with van der Waals surface area (Å²) in [5, 5.41) is 7.76. The number of nitrogens with zero attached hydrogens (tertiary/aromatic N) is 3. The molecule has 0 saturated heterocycles. The van der Waals surface area contributed by atoms with Crippen molar-refractivity contribution in [3.05, 3.63) is 36.2 Å². The van der Waals surface area contributed by atoms with Crippen LogP contribution in [-0.4, -0.2) is 32.9 Å². The van der Waals surface area contributed by atoms with E-state index in [-0.39, 0.29) is 6.10 Å². The van der Waals surface area contributed by atoms with Crippen molar-refractivity contribution in [2.45, 2.75) is 46.8 Å². The number of esters is 1. The summed E-state index contributed by atoms with van der Waals surface area (Å²) in [7, 11) is 0. The maximum absolute atomic E-state index is 11.5. The minimum atomic E-state index is -0.402. The monoisotopic (exact) mass is 328 g/mol. The van der Waals surface area contributed by atoms with Crippen LogP contribution in [0.2, 0.25) is 0 Å². The molecule has 0 amide bonds. The average molecular weight is 328 g/mol. The zero-order valence-corrected chi connectivity index (χ0v) is 14.8. The van der Waals surface area contributed by atoms with E-state index in [2.05, 4.69) is 35.3 Å². The predicted molar refractivity (Wildman–Crippen MR) is 95.5 cm³/mol.